The molecule has 0 atom stereocenters. The molecule has 0 radical (unpaired) electrons. The second kappa shape index (κ2) is 7.85. The van der Waals surface area contributed by atoms with Crippen LogP contribution in [0.3, 0.4) is 0 Å². The molecule has 0 fully saturated rings. The number of rotatable bonds is 6. The van der Waals surface area contributed by atoms with Crippen LogP contribution in [-0.4, -0.2) is 18.6 Å². The number of para-hydroxylation sites is 1. The lowest BCUT2D eigenvalue weighted by Crippen LogP contribution is -2.22. The van der Waals surface area contributed by atoms with Crippen LogP contribution in [0.5, 0.6) is 5.75 Å². The summed E-state index contributed by atoms with van der Waals surface area (Å²) in [6, 6.07) is 16.4. The second-order valence-corrected chi connectivity index (χ2v) is 5.25. The first kappa shape index (κ1) is 16.4. The predicted octanol–water partition coefficient (Wildman–Crippen LogP) is 3.40. The van der Waals surface area contributed by atoms with Crippen LogP contribution < -0.4 is 15.4 Å². The Morgan fingerprint density at radius 1 is 1.17 bits per heavy atom. The van der Waals surface area contributed by atoms with E-state index >= 15 is 0 Å². The van der Waals surface area contributed by atoms with Crippen LogP contribution in [-0.2, 0) is 4.79 Å². The van der Waals surface area contributed by atoms with Gasteiger partial charge >= 0.3 is 0 Å². The Morgan fingerprint density at radius 2 is 1.87 bits per heavy atom. The highest BCUT2D eigenvalue weighted by Crippen LogP contribution is 2.17. The zero-order valence-corrected chi connectivity index (χ0v) is 13.2. The topological polar surface area (TPSA) is 74.2 Å². The van der Waals surface area contributed by atoms with Crippen molar-refractivity contribution in [3.05, 3.63) is 54.1 Å². The smallest absolute Gasteiger partial charge is 0.243 e. The van der Waals surface area contributed by atoms with E-state index in [2.05, 4.69) is 16.7 Å². The van der Waals surface area contributed by atoms with Gasteiger partial charge in [0.25, 0.3) is 0 Å². The summed E-state index contributed by atoms with van der Waals surface area (Å²) >= 11 is 0. The predicted molar refractivity (Wildman–Crippen MR) is 90.5 cm³/mol. The van der Waals surface area contributed by atoms with Gasteiger partial charge in [-0.15, -0.1) is 0 Å². The van der Waals surface area contributed by atoms with Crippen molar-refractivity contribution in [3.63, 3.8) is 0 Å². The van der Waals surface area contributed by atoms with Crippen molar-refractivity contribution in [1.82, 2.24) is 0 Å². The zero-order valence-electron chi connectivity index (χ0n) is 13.2. The third-order valence-corrected chi connectivity index (χ3v) is 3.00. The first-order valence-electron chi connectivity index (χ1n) is 7.38. The van der Waals surface area contributed by atoms with Gasteiger partial charge in [-0.2, -0.15) is 5.26 Å². The summed E-state index contributed by atoms with van der Waals surface area (Å²) in [4.78, 5) is 12.0. The number of carbonyl (C=O) groups excluding carboxylic acids is 1. The Kier molecular flexibility index (Phi) is 5.59. The first-order chi connectivity index (χ1) is 11.1. The van der Waals surface area contributed by atoms with Crippen LogP contribution in [0.2, 0.25) is 0 Å². The average Bonchev–Trinajstić information content (AvgIpc) is 2.54. The number of ether oxygens (including phenoxy) is 1. The number of nitrogens with zero attached hydrogens (tertiary/aromatic N) is 1. The molecule has 0 spiro atoms. The van der Waals surface area contributed by atoms with Gasteiger partial charge in [-0.1, -0.05) is 12.1 Å². The SMILES string of the molecule is CC(C)Oc1ccc(NC(=O)CNc2ccccc2C#N)cc1. The normalized spacial score (nSPS) is 10.0. The van der Waals surface area contributed by atoms with E-state index in [-0.39, 0.29) is 18.6 Å². The van der Waals surface area contributed by atoms with E-state index in [0.29, 0.717) is 16.9 Å². The molecular formula is C18H19N3O2. The van der Waals surface area contributed by atoms with Gasteiger partial charge < -0.3 is 15.4 Å². The van der Waals surface area contributed by atoms with Gasteiger partial charge in [0, 0.05) is 5.69 Å². The highest BCUT2D eigenvalue weighted by Gasteiger charge is 2.05. The van der Waals surface area contributed by atoms with Gasteiger partial charge in [0.2, 0.25) is 5.91 Å². The molecule has 118 valence electrons. The van der Waals surface area contributed by atoms with E-state index in [4.69, 9.17) is 10.00 Å². The number of anilines is 2. The first-order valence-corrected chi connectivity index (χ1v) is 7.38. The molecule has 5 nitrogen and oxygen atoms in total. The molecule has 0 heterocycles. The van der Waals surface area contributed by atoms with Gasteiger partial charge in [0.15, 0.2) is 0 Å². The minimum atomic E-state index is -0.185. The van der Waals surface area contributed by atoms with Crippen molar-refractivity contribution in [1.29, 1.82) is 5.26 Å². The van der Waals surface area contributed by atoms with Crippen LogP contribution in [0.1, 0.15) is 19.4 Å². The molecule has 0 aliphatic rings. The fraction of sp³-hybridized carbons (Fsp3) is 0.222. The van der Waals surface area contributed by atoms with Gasteiger partial charge in [0.1, 0.15) is 11.8 Å². The van der Waals surface area contributed by atoms with E-state index in [1.165, 1.54) is 0 Å². The van der Waals surface area contributed by atoms with Crippen molar-refractivity contribution in [2.24, 2.45) is 0 Å². The van der Waals surface area contributed by atoms with Crippen LogP contribution >= 0.6 is 0 Å². The molecule has 0 aliphatic heterocycles. The summed E-state index contributed by atoms with van der Waals surface area (Å²) in [7, 11) is 0. The lowest BCUT2D eigenvalue weighted by molar-refractivity contribution is -0.114. The molecule has 0 saturated carbocycles. The van der Waals surface area contributed by atoms with E-state index in [1.807, 2.05) is 32.0 Å². The highest BCUT2D eigenvalue weighted by atomic mass is 16.5. The molecule has 5 heteroatoms. The maximum atomic E-state index is 12.0. The van der Waals surface area contributed by atoms with Gasteiger partial charge in [-0.3, -0.25) is 4.79 Å². The molecular weight excluding hydrogens is 290 g/mol. The lowest BCUT2D eigenvalue weighted by Gasteiger charge is -2.11. The quantitative estimate of drug-likeness (QED) is 0.857. The number of nitriles is 1. The third kappa shape index (κ3) is 5.04. The van der Waals surface area contributed by atoms with Crippen molar-refractivity contribution < 1.29 is 9.53 Å². The molecule has 2 aromatic carbocycles. The van der Waals surface area contributed by atoms with E-state index in [9.17, 15) is 4.79 Å². The van der Waals surface area contributed by atoms with E-state index < -0.39 is 0 Å². The Hall–Kier alpha value is -3.00. The Balaban J connectivity index is 1.88. The number of amides is 1. The molecule has 0 aliphatic carbocycles. The summed E-state index contributed by atoms with van der Waals surface area (Å²) < 4.78 is 5.55. The number of benzene rings is 2. The van der Waals surface area contributed by atoms with Crippen molar-refractivity contribution >= 4 is 17.3 Å². The molecule has 2 rings (SSSR count). The molecule has 0 unspecified atom stereocenters. The molecule has 2 aromatic rings. The average molecular weight is 309 g/mol. The Morgan fingerprint density at radius 3 is 2.52 bits per heavy atom. The van der Waals surface area contributed by atoms with Crippen LogP contribution in [0.15, 0.2) is 48.5 Å². The summed E-state index contributed by atoms with van der Waals surface area (Å²) in [5.41, 5.74) is 1.85. The lowest BCUT2D eigenvalue weighted by atomic mass is 10.2. The number of carbonyl (C=O) groups is 1. The zero-order chi connectivity index (χ0) is 16.7. The Bertz CT molecular complexity index is 703. The Labute approximate surface area is 135 Å². The van der Waals surface area contributed by atoms with Crippen LogP contribution in [0.4, 0.5) is 11.4 Å². The van der Waals surface area contributed by atoms with E-state index in [0.717, 1.165) is 5.75 Å². The molecule has 0 aromatic heterocycles. The summed E-state index contributed by atoms with van der Waals surface area (Å²) in [5.74, 6) is 0.578. The highest BCUT2D eigenvalue weighted by molar-refractivity contribution is 5.93. The van der Waals surface area contributed by atoms with Gasteiger partial charge in [-0.25, -0.2) is 0 Å². The van der Waals surface area contributed by atoms with Crippen LogP contribution in [0, 0.1) is 11.3 Å². The second-order valence-electron chi connectivity index (χ2n) is 5.25. The van der Waals surface area contributed by atoms with Gasteiger partial charge in [0.05, 0.1) is 23.9 Å². The number of hydrogen-bond acceptors (Lipinski definition) is 4. The number of hydrogen-bond donors (Lipinski definition) is 2. The summed E-state index contributed by atoms with van der Waals surface area (Å²) in [6.07, 6.45) is 0.111. The summed E-state index contributed by atoms with van der Waals surface area (Å²) in [5, 5.41) is 14.8. The van der Waals surface area contributed by atoms with Crippen molar-refractivity contribution in [2.45, 2.75) is 20.0 Å². The molecule has 0 bridgehead atoms. The third-order valence-electron chi connectivity index (χ3n) is 3.00. The standard InChI is InChI=1S/C18H19N3O2/c1-13(2)23-16-9-7-15(8-10-16)21-18(22)12-20-17-6-4-3-5-14(17)11-19/h3-10,13,20H,12H2,1-2H3,(H,21,22). The summed E-state index contributed by atoms with van der Waals surface area (Å²) in [6.45, 7) is 4.00. The maximum absolute atomic E-state index is 12.0. The van der Waals surface area contributed by atoms with E-state index in [1.54, 1.807) is 30.3 Å². The number of nitrogens with one attached hydrogen (secondary N) is 2. The van der Waals surface area contributed by atoms with Gasteiger partial charge in [-0.05, 0) is 50.2 Å². The molecule has 2 N–H and O–H groups in total. The minimum Gasteiger partial charge on any atom is -0.491 e. The minimum absolute atomic E-state index is 0.0862. The van der Waals surface area contributed by atoms with Crippen molar-refractivity contribution in [2.75, 3.05) is 17.2 Å². The molecule has 1 amide bonds. The van der Waals surface area contributed by atoms with Crippen LogP contribution in [0.25, 0.3) is 0 Å². The largest absolute Gasteiger partial charge is 0.491 e. The maximum Gasteiger partial charge on any atom is 0.243 e. The monoisotopic (exact) mass is 309 g/mol. The molecule has 0 saturated heterocycles. The fourth-order valence-electron chi connectivity index (χ4n) is 2.00. The van der Waals surface area contributed by atoms with Crippen molar-refractivity contribution in [3.8, 4) is 11.8 Å². The fourth-order valence-corrected chi connectivity index (χ4v) is 2.00. The molecule has 23 heavy (non-hydrogen) atoms.